The molecule has 9 heteroatoms. The van der Waals surface area contributed by atoms with Gasteiger partial charge in [0.25, 0.3) is 11.8 Å². The number of halogens is 1. The van der Waals surface area contributed by atoms with Crippen LogP contribution in [-0.4, -0.2) is 23.5 Å². The molecule has 1 aromatic heterocycles. The summed E-state index contributed by atoms with van der Waals surface area (Å²) in [7, 11) is 0. The summed E-state index contributed by atoms with van der Waals surface area (Å²) in [5, 5.41) is 8.44. The van der Waals surface area contributed by atoms with Gasteiger partial charge in [-0.1, -0.05) is 41.9 Å². The Balaban J connectivity index is 1.67. The van der Waals surface area contributed by atoms with Crippen molar-refractivity contribution in [3.05, 3.63) is 82.2 Å². The van der Waals surface area contributed by atoms with E-state index in [4.69, 9.17) is 21.4 Å². The van der Waals surface area contributed by atoms with Gasteiger partial charge in [0, 0.05) is 4.47 Å². The predicted molar refractivity (Wildman–Crippen MR) is 134 cm³/mol. The molecular formula is C24H24BrN3O4S. The monoisotopic (exact) mass is 529 g/mol. The summed E-state index contributed by atoms with van der Waals surface area (Å²) in [6, 6.07) is 15.6. The van der Waals surface area contributed by atoms with Gasteiger partial charge in [0.15, 0.2) is 5.11 Å². The van der Waals surface area contributed by atoms with E-state index in [-0.39, 0.29) is 17.6 Å². The van der Waals surface area contributed by atoms with E-state index >= 15 is 0 Å². The number of para-hydroxylation sites is 1. The third kappa shape index (κ3) is 7.16. The van der Waals surface area contributed by atoms with Gasteiger partial charge < -0.3 is 19.8 Å². The van der Waals surface area contributed by atoms with Crippen LogP contribution in [0.5, 0.6) is 5.75 Å². The molecule has 0 aliphatic heterocycles. The van der Waals surface area contributed by atoms with E-state index in [0.29, 0.717) is 40.8 Å². The second kappa shape index (κ2) is 11.6. The highest BCUT2D eigenvalue weighted by atomic mass is 79.9. The summed E-state index contributed by atoms with van der Waals surface area (Å²) < 4.78 is 11.8. The molecule has 2 amide bonds. The molecular weight excluding hydrogens is 506 g/mol. The molecule has 7 nitrogen and oxygen atoms in total. The van der Waals surface area contributed by atoms with Crippen molar-refractivity contribution in [1.82, 2.24) is 10.6 Å². The van der Waals surface area contributed by atoms with E-state index in [1.54, 1.807) is 60.9 Å². The van der Waals surface area contributed by atoms with Crippen LogP contribution in [-0.2, 0) is 6.54 Å². The first-order valence-electron chi connectivity index (χ1n) is 10.3. The average Bonchev–Trinajstić information content (AvgIpc) is 3.30. The van der Waals surface area contributed by atoms with E-state index in [2.05, 4.69) is 31.9 Å². The average molecular weight is 530 g/mol. The van der Waals surface area contributed by atoms with Gasteiger partial charge in [-0.15, -0.1) is 0 Å². The number of hydrogen-bond donors (Lipinski definition) is 3. The van der Waals surface area contributed by atoms with Crippen LogP contribution in [0.2, 0.25) is 0 Å². The summed E-state index contributed by atoms with van der Waals surface area (Å²) in [5.74, 6) is 0.682. The lowest BCUT2D eigenvalue weighted by Gasteiger charge is -2.16. The second-order valence-electron chi connectivity index (χ2n) is 7.56. The van der Waals surface area contributed by atoms with Crippen LogP contribution < -0.4 is 20.7 Å². The maximum absolute atomic E-state index is 12.9. The number of nitrogens with one attached hydrogen (secondary N) is 3. The van der Waals surface area contributed by atoms with Crippen LogP contribution in [0.25, 0.3) is 0 Å². The van der Waals surface area contributed by atoms with E-state index in [1.807, 2.05) is 13.8 Å². The Morgan fingerprint density at radius 3 is 2.58 bits per heavy atom. The van der Waals surface area contributed by atoms with E-state index < -0.39 is 5.91 Å². The Bertz CT molecular complexity index is 1130. The van der Waals surface area contributed by atoms with E-state index in [1.165, 1.54) is 0 Å². The van der Waals surface area contributed by atoms with Crippen molar-refractivity contribution in [2.75, 3.05) is 11.9 Å². The molecule has 172 valence electrons. The van der Waals surface area contributed by atoms with Crippen molar-refractivity contribution in [2.24, 2.45) is 5.92 Å². The van der Waals surface area contributed by atoms with Crippen LogP contribution in [0.15, 0.2) is 69.8 Å². The Hall–Kier alpha value is -3.17. The maximum atomic E-state index is 12.9. The van der Waals surface area contributed by atoms with Gasteiger partial charge in [0.1, 0.15) is 11.5 Å². The van der Waals surface area contributed by atoms with Gasteiger partial charge in [-0.3, -0.25) is 14.9 Å². The van der Waals surface area contributed by atoms with Gasteiger partial charge in [-0.25, -0.2) is 0 Å². The molecule has 3 N–H and O–H groups in total. The number of carbonyl (C=O) groups is 2. The lowest BCUT2D eigenvalue weighted by molar-refractivity contribution is 0.0947. The molecule has 3 aromatic rings. The Kier molecular flexibility index (Phi) is 8.62. The molecule has 0 spiro atoms. The lowest BCUT2D eigenvalue weighted by Crippen LogP contribution is -2.35. The molecule has 0 aliphatic rings. The van der Waals surface area contributed by atoms with Crippen molar-refractivity contribution >= 4 is 50.8 Å². The van der Waals surface area contributed by atoms with Gasteiger partial charge in [0.05, 0.1) is 36.2 Å². The normalized spacial score (nSPS) is 10.5. The first-order chi connectivity index (χ1) is 15.8. The highest BCUT2D eigenvalue weighted by molar-refractivity contribution is 9.10. The van der Waals surface area contributed by atoms with Gasteiger partial charge in [-0.2, -0.15) is 0 Å². The molecule has 0 fully saturated rings. The Labute approximate surface area is 206 Å². The third-order valence-electron chi connectivity index (χ3n) is 4.41. The van der Waals surface area contributed by atoms with E-state index in [0.717, 1.165) is 4.47 Å². The fourth-order valence-electron chi connectivity index (χ4n) is 2.85. The Morgan fingerprint density at radius 1 is 1.06 bits per heavy atom. The van der Waals surface area contributed by atoms with Crippen LogP contribution >= 0.6 is 28.1 Å². The molecule has 3 rings (SSSR count). The summed E-state index contributed by atoms with van der Waals surface area (Å²) in [6.45, 7) is 4.79. The molecule has 0 saturated heterocycles. The van der Waals surface area contributed by atoms with Gasteiger partial charge >= 0.3 is 0 Å². The van der Waals surface area contributed by atoms with Crippen molar-refractivity contribution in [3.63, 3.8) is 0 Å². The minimum absolute atomic E-state index is 0.0565. The number of amides is 2. The van der Waals surface area contributed by atoms with Gasteiger partial charge in [-0.05, 0) is 60.6 Å². The fraction of sp³-hybridized carbons (Fsp3) is 0.208. The lowest BCUT2D eigenvalue weighted by atomic mass is 10.1. The maximum Gasteiger partial charge on any atom is 0.261 e. The van der Waals surface area contributed by atoms with Gasteiger partial charge in [0.2, 0.25) is 0 Å². The first kappa shape index (κ1) is 24.5. The molecule has 33 heavy (non-hydrogen) atoms. The van der Waals surface area contributed by atoms with Crippen molar-refractivity contribution in [3.8, 4) is 5.75 Å². The van der Waals surface area contributed by atoms with Crippen LogP contribution in [0.4, 0.5) is 5.69 Å². The molecule has 1 heterocycles. The van der Waals surface area contributed by atoms with E-state index in [9.17, 15) is 9.59 Å². The molecule has 0 aliphatic carbocycles. The summed E-state index contributed by atoms with van der Waals surface area (Å²) in [5.41, 5.74) is 1.19. The Morgan fingerprint density at radius 2 is 1.85 bits per heavy atom. The van der Waals surface area contributed by atoms with Crippen LogP contribution in [0.3, 0.4) is 0 Å². The minimum atomic E-state index is -0.424. The quantitative estimate of drug-likeness (QED) is 0.350. The first-order valence-corrected chi connectivity index (χ1v) is 11.5. The number of thiocarbonyl (C=S) groups is 1. The standard InChI is InChI=1S/C24H24BrN3O4S/c1-15(2)14-32-21-10-9-16(25)12-19(21)23(30)28-24(33)27-20-8-4-3-7-18(20)22(29)26-13-17-6-5-11-31-17/h3-12,15H,13-14H2,1-2H3,(H,26,29)(H2,27,28,30,33). The summed E-state index contributed by atoms with van der Waals surface area (Å²) in [6.07, 6.45) is 1.54. The highest BCUT2D eigenvalue weighted by Crippen LogP contribution is 2.24. The molecule has 0 bridgehead atoms. The number of benzene rings is 2. The molecule has 0 atom stereocenters. The topological polar surface area (TPSA) is 92.6 Å². The zero-order chi connectivity index (χ0) is 23.8. The molecule has 2 aromatic carbocycles. The number of ether oxygens (including phenoxy) is 1. The van der Waals surface area contributed by atoms with Crippen LogP contribution in [0, 0.1) is 5.92 Å². The SMILES string of the molecule is CC(C)COc1ccc(Br)cc1C(=O)NC(=S)Nc1ccccc1C(=O)NCc1ccco1. The largest absolute Gasteiger partial charge is 0.492 e. The molecule has 0 unspecified atom stereocenters. The van der Waals surface area contributed by atoms with Crippen molar-refractivity contribution < 1.29 is 18.7 Å². The summed E-state index contributed by atoms with van der Waals surface area (Å²) in [4.78, 5) is 25.5. The number of furan rings is 1. The zero-order valence-corrected chi connectivity index (χ0v) is 20.6. The number of rotatable bonds is 8. The number of anilines is 1. The minimum Gasteiger partial charge on any atom is -0.492 e. The highest BCUT2D eigenvalue weighted by Gasteiger charge is 2.17. The smallest absolute Gasteiger partial charge is 0.261 e. The van der Waals surface area contributed by atoms with Crippen molar-refractivity contribution in [1.29, 1.82) is 0 Å². The third-order valence-corrected chi connectivity index (χ3v) is 5.11. The molecule has 0 saturated carbocycles. The fourth-order valence-corrected chi connectivity index (χ4v) is 3.42. The zero-order valence-electron chi connectivity index (χ0n) is 18.2. The molecule has 0 radical (unpaired) electrons. The second-order valence-corrected chi connectivity index (χ2v) is 8.89. The van der Waals surface area contributed by atoms with Crippen molar-refractivity contribution in [2.45, 2.75) is 20.4 Å². The number of carbonyl (C=O) groups excluding carboxylic acids is 2. The number of hydrogen-bond acceptors (Lipinski definition) is 5. The summed E-state index contributed by atoms with van der Waals surface area (Å²) >= 11 is 8.71. The predicted octanol–water partition coefficient (Wildman–Crippen LogP) is 5.13. The van der Waals surface area contributed by atoms with Crippen LogP contribution in [0.1, 0.15) is 40.3 Å².